The molecule has 2 heterocycles. The second-order valence-electron chi connectivity index (χ2n) is 5.30. The van der Waals surface area contributed by atoms with Crippen molar-refractivity contribution in [3.63, 3.8) is 0 Å². The van der Waals surface area contributed by atoms with Gasteiger partial charge >= 0.3 is 19.5 Å². The summed E-state index contributed by atoms with van der Waals surface area (Å²) in [7, 11) is -4.70. The molecule has 1 aromatic heterocycles. The van der Waals surface area contributed by atoms with E-state index in [9.17, 15) is 18.9 Å². The number of phosphoric acid groups is 1. The van der Waals surface area contributed by atoms with Gasteiger partial charge in [0, 0.05) is 25.1 Å². The summed E-state index contributed by atoms with van der Waals surface area (Å²) in [4.78, 5) is 54.0. The van der Waals surface area contributed by atoms with Crippen LogP contribution in [-0.4, -0.2) is 44.1 Å². The summed E-state index contributed by atoms with van der Waals surface area (Å²) in [6.07, 6.45) is -1.64. The van der Waals surface area contributed by atoms with Crippen LogP contribution in [0.2, 0.25) is 0 Å². The molecule has 0 bridgehead atoms. The van der Waals surface area contributed by atoms with Crippen molar-refractivity contribution in [2.75, 3.05) is 6.61 Å². The van der Waals surface area contributed by atoms with E-state index in [4.69, 9.17) is 19.3 Å². The van der Waals surface area contributed by atoms with E-state index >= 15 is 0 Å². The fraction of sp³-hybridized carbons (Fsp3) is 0.583. The lowest BCUT2D eigenvalue weighted by Gasteiger charge is -2.21. The van der Waals surface area contributed by atoms with Gasteiger partial charge in [-0.2, -0.15) is 0 Å². The number of phosphoric ester groups is 1. The number of esters is 1. The van der Waals surface area contributed by atoms with Crippen LogP contribution in [-0.2, 0) is 23.4 Å². The molecule has 0 amide bonds. The van der Waals surface area contributed by atoms with Crippen molar-refractivity contribution in [1.82, 2.24) is 9.55 Å². The minimum Gasteiger partial charge on any atom is -0.457 e. The van der Waals surface area contributed by atoms with Gasteiger partial charge in [0.05, 0.1) is 12.7 Å². The van der Waals surface area contributed by atoms with E-state index in [2.05, 4.69) is 9.51 Å². The van der Waals surface area contributed by atoms with Crippen LogP contribution in [0.5, 0.6) is 0 Å². The number of hydrogen-bond acceptors (Lipinski definition) is 7. The first kappa shape index (κ1) is 18.6. The lowest BCUT2D eigenvalue weighted by Crippen LogP contribution is -2.37. The smallest absolute Gasteiger partial charge is 0.457 e. The first-order valence-corrected chi connectivity index (χ1v) is 8.46. The summed E-state index contributed by atoms with van der Waals surface area (Å²) >= 11 is 0. The molecule has 1 aliphatic rings. The molecule has 0 spiro atoms. The standard InChI is InChI=1S/C12H17N2O9P/c1-6-8(5-21-24(18,19)20)23-11(10(6)22-7(2)15)14-4-3-9(16)13-12(14)17/h3-4,6,8,10-11H,5H2,1-2H3,(H,13,16,17)(H2,18,19,20)/t6-,8-,10-,11-/m1/s1. The Balaban J connectivity index is 2.30. The molecule has 3 N–H and O–H groups in total. The summed E-state index contributed by atoms with van der Waals surface area (Å²) in [5.41, 5.74) is -1.37. The molecular weight excluding hydrogens is 347 g/mol. The highest BCUT2D eigenvalue weighted by atomic mass is 31.2. The molecule has 1 fully saturated rings. The van der Waals surface area contributed by atoms with E-state index < -0.39 is 56.0 Å². The monoisotopic (exact) mass is 364 g/mol. The second kappa shape index (κ2) is 6.99. The van der Waals surface area contributed by atoms with Gasteiger partial charge in [0.1, 0.15) is 0 Å². The van der Waals surface area contributed by atoms with Crippen LogP contribution in [0.25, 0.3) is 0 Å². The third kappa shape index (κ3) is 4.40. The molecule has 11 nitrogen and oxygen atoms in total. The summed E-state index contributed by atoms with van der Waals surface area (Å²) < 4.78 is 27.0. The molecule has 0 saturated carbocycles. The average molecular weight is 364 g/mol. The molecule has 134 valence electrons. The van der Waals surface area contributed by atoms with Crippen LogP contribution < -0.4 is 11.2 Å². The quantitative estimate of drug-likeness (QED) is 0.445. The number of H-pyrrole nitrogens is 1. The molecule has 1 aromatic rings. The number of hydrogen-bond donors (Lipinski definition) is 3. The fourth-order valence-corrected chi connectivity index (χ4v) is 2.76. The van der Waals surface area contributed by atoms with Gasteiger partial charge < -0.3 is 19.3 Å². The zero-order valence-electron chi connectivity index (χ0n) is 12.8. The van der Waals surface area contributed by atoms with Crippen LogP contribution in [0, 0.1) is 5.92 Å². The zero-order valence-corrected chi connectivity index (χ0v) is 13.7. The number of nitrogens with one attached hydrogen (secondary N) is 1. The lowest BCUT2D eigenvalue weighted by atomic mass is 10.0. The van der Waals surface area contributed by atoms with Crippen LogP contribution in [0.3, 0.4) is 0 Å². The predicted octanol–water partition coefficient (Wildman–Crippen LogP) is -0.889. The minimum atomic E-state index is -4.70. The van der Waals surface area contributed by atoms with Crippen molar-refractivity contribution < 1.29 is 33.1 Å². The first-order chi connectivity index (χ1) is 11.1. The Kier molecular flexibility index (Phi) is 5.41. The van der Waals surface area contributed by atoms with Crippen LogP contribution in [0.1, 0.15) is 20.1 Å². The summed E-state index contributed by atoms with van der Waals surface area (Å²) in [5, 5.41) is 0. The normalized spacial score (nSPS) is 27.2. The lowest BCUT2D eigenvalue weighted by molar-refractivity contribution is -0.153. The number of aromatic amines is 1. The van der Waals surface area contributed by atoms with Crippen molar-refractivity contribution in [2.24, 2.45) is 5.92 Å². The average Bonchev–Trinajstić information content (AvgIpc) is 2.73. The number of aromatic nitrogens is 2. The Morgan fingerprint density at radius 3 is 2.67 bits per heavy atom. The van der Waals surface area contributed by atoms with E-state index in [1.54, 1.807) is 6.92 Å². The van der Waals surface area contributed by atoms with Crippen molar-refractivity contribution in [2.45, 2.75) is 32.3 Å². The Morgan fingerprint density at radius 2 is 2.12 bits per heavy atom. The maximum atomic E-state index is 11.9. The number of carbonyl (C=O) groups is 1. The Labute approximate surface area is 135 Å². The SMILES string of the molecule is CC(=O)O[C@@H]1[C@H](C)[C@@H](COP(=O)(O)O)O[C@H]1n1ccc(=O)[nH]c1=O. The van der Waals surface area contributed by atoms with Crippen molar-refractivity contribution in [3.8, 4) is 0 Å². The minimum absolute atomic E-state index is 0.461. The van der Waals surface area contributed by atoms with Gasteiger partial charge in [-0.1, -0.05) is 6.92 Å². The van der Waals surface area contributed by atoms with E-state index in [0.717, 1.165) is 10.6 Å². The van der Waals surface area contributed by atoms with Gasteiger partial charge in [0.2, 0.25) is 0 Å². The number of ether oxygens (including phenoxy) is 2. The Morgan fingerprint density at radius 1 is 1.46 bits per heavy atom. The van der Waals surface area contributed by atoms with Gasteiger partial charge in [0.25, 0.3) is 5.56 Å². The van der Waals surface area contributed by atoms with Gasteiger partial charge in [-0.25, -0.2) is 9.36 Å². The number of carbonyl (C=O) groups excluding carboxylic acids is 1. The Hall–Kier alpha value is -1.78. The molecule has 4 atom stereocenters. The highest BCUT2D eigenvalue weighted by molar-refractivity contribution is 7.46. The molecule has 0 unspecified atom stereocenters. The zero-order chi connectivity index (χ0) is 18.1. The van der Waals surface area contributed by atoms with Gasteiger partial charge in [-0.05, 0) is 0 Å². The fourth-order valence-electron chi connectivity index (χ4n) is 2.42. The largest absolute Gasteiger partial charge is 0.469 e. The Bertz CT molecular complexity index is 766. The third-order valence-electron chi connectivity index (χ3n) is 3.53. The van der Waals surface area contributed by atoms with Crippen LogP contribution in [0.15, 0.2) is 21.9 Å². The number of nitrogens with zero attached hydrogens (tertiary/aromatic N) is 1. The molecule has 0 radical (unpaired) electrons. The second-order valence-corrected chi connectivity index (χ2v) is 6.54. The maximum absolute atomic E-state index is 11.9. The summed E-state index contributed by atoms with van der Waals surface area (Å²) in [6.45, 7) is 2.34. The van der Waals surface area contributed by atoms with Crippen LogP contribution >= 0.6 is 7.82 Å². The molecule has 1 aliphatic heterocycles. The third-order valence-corrected chi connectivity index (χ3v) is 4.02. The molecule has 12 heteroatoms. The van der Waals surface area contributed by atoms with E-state index in [-0.39, 0.29) is 0 Å². The van der Waals surface area contributed by atoms with E-state index in [1.165, 1.54) is 13.1 Å². The van der Waals surface area contributed by atoms with E-state index in [0.29, 0.717) is 0 Å². The topological polar surface area (TPSA) is 157 Å². The molecule has 0 aliphatic carbocycles. The van der Waals surface area contributed by atoms with Gasteiger partial charge in [-0.3, -0.25) is 23.7 Å². The molecule has 0 aromatic carbocycles. The van der Waals surface area contributed by atoms with Gasteiger partial charge in [0.15, 0.2) is 12.3 Å². The van der Waals surface area contributed by atoms with Crippen LogP contribution in [0.4, 0.5) is 0 Å². The van der Waals surface area contributed by atoms with E-state index in [1.807, 2.05) is 0 Å². The van der Waals surface area contributed by atoms with Gasteiger partial charge in [-0.15, -0.1) is 0 Å². The highest BCUT2D eigenvalue weighted by Gasteiger charge is 2.46. The first-order valence-electron chi connectivity index (χ1n) is 6.93. The van der Waals surface area contributed by atoms with Crippen molar-refractivity contribution >= 4 is 13.8 Å². The highest BCUT2D eigenvalue weighted by Crippen LogP contribution is 2.40. The summed E-state index contributed by atoms with van der Waals surface area (Å²) in [6, 6.07) is 1.10. The maximum Gasteiger partial charge on any atom is 0.469 e. The molecule has 2 rings (SSSR count). The predicted molar refractivity (Wildman–Crippen MR) is 77.9 cm³/mol. The van der Waals surface area contributed by atoms with Crippen molar-refractivity contribution in [1.29, 1.82) is 0 Å². The molecule has 1 saturated heterocycles. The summed E-state index contributed by atoms with van der Waals surface area (Å²) in [5.74, 6) is -1.14. The molecule has 24 heavy (non-hydrogen) atoms. The van der Waals surface area contributed by atoms with Crippen molar-refractivity contribution in [3.05, 3.63) is 33.1 Å². The number of rotatable bonds is 5. The molecular formula is C12H17N2O9P.